The average molecular weight is 606 g/mol. The molecule has 2 aromatic rings. The topological polar surface area (TPSA) is 86.7 Å². The number of nitrogens with one attached hydrogen (secondary N) is 1. The van der Waals surface area contributed by atoms with Gasteiger partial charge in [-0.2, -0.15) is 0 Å². The van der Waals surface area contributed by atoms with Gasteiger partial charge in [0.05, 0.1) is 5.56 Å². The van der Waals surface area contributed by atoms with E-state index in [0.29, 0.717) is 30.9 Å². The van der Waals surface area contributed by atoms with Crippen LogP contribution in [-0.2, 0) is 0 Å². The molecule has 9 nitrogen and oxygen atoms in total. The van der Waals surface area contributed by atoms with Crippen molar-refractivity contribution in [2.75, 3.05) is 50.7 Å². The van der Waals surface area contributed by atoms with E-state index in [0.717, 1.165) is 52.0 Å². The molecular weight excluding hydrogens is 559 g/mol. The van der Waals surface area contributed by atoms with E-state index in [1.807, 2.05) is 20.8 Å². The van der Waals surface area contributed by atoms with Gasteiger partial charge in [0.1, 0.15) is 17.9 Å². The molecule has 0 saturated carbocycles. The molecule has 2 aliphatic heterocycles. The fraction of sp³-hybridized carbons (Fsp3) is 0.677. The molecule has 1 N–H and O–H groups in total. The Morgan fingerprint density at radius 3 is 2.58 bits per heavy atom. The Kier molecular flexibility index (Phi) is 11.2. The number of carbonyl (C=O) groups excluding carboxylic acids is 1. The van der Waals surface area contributed by atoms with Crippen molar-refractivity contribution in [3.05, 3.63) is 35.9 Å². The van der Waals surface area contributed by atoms with Crippen LogP contribution in [0.5, 0.6) is 11.6 Å². The molecule has 2 aliphatic rings. The average Bonchev–Trinajstić information content (AvgIpc) is 3.39. The Labute approximate surface area is 253 Å². The van der Waals surface area contributed by atoms with Gasteiger partial charge in [-0.15, -0.1) is 10.2 Å². The summed E-state index contributed by atoms with van der Waals surface area (Å²) in [7, 11) is 0. The fourth-order valence-electron chi connectivity index (χ4n) is 6.44. The van der Waals surface area contributed by atoms with E-state index in [1.165, 1.54) is 24.5 Å². The number of anilines is 1. The molecule has 238 valence electrons. The van der Waals surface area contributed by atoms with Crippen LogP contribution in [-0.4, -0.2) is 95.2 Å². The Bertz CT molecular complexity index is 1210. The van der Waals surface area contributed by atoms with Gasteiger partial charge in [0.25, 0.3) is 11.8 Å². The Morgan fingerprint density at radius 1 is 1.14 bits per heavy atom. The number of ether oxygens (including phenoxy) is 1. The molecule has 3 heterocycles. The number of hydrogen-bond donors (Lipinski definition) is 1. The van der Waals surface area contributed by atoms with Crippen LogP contribution in [0.4, 0.5) is 19.0 Å². The predicted molar refractivity (Wildman–Crippen MR) is 160 cm³/mol. The maximum Gasteiger partial charge on any atom is 0.282 e. The Hall–Kier alpha value is -2.99. The molecular formula is C31H46F3N7O2. The van der Waals surface area contributed by atoms with Gasteiger partial charge >= 0.3 is 0 Å². The lowest BCUT2D eigenvalue weighted by Crippen LogP contribution is -2.62. The molecule has 2 saturated heterocycles. The predicted octanol–water partition coefficient (Wildman–Crippen LogP) is 5.24. The van der Waals surface area contributed by atoms with Crippen molar-refractivity contribution in [3.8, 4) is 11.6 Å². The van der Waals surface area contributed by atoms with E-state index in [-0.39, 0.29) is 41.0 Å². The summed E-state index contributed by atoms with van der Waals surface area (Å²) in [5.41, 5.74) is 0.268. The summed E-state index contributed by atoms with van der Waals surface area (Å²) in [4.78, 5) is 24.2. The number of likely N-dealkylation sites (tertiary alicyclic amines) is 1. The van der Waals surface area contributed by atoms with Crippen LogP contribution < -0.4 is 15.0 Å². The number of halogens is 3. The number of nitrogens with zero attached hydrogens (tertiary/aromatic N) is 6. The quantitative estimate of drug-likeness (QED) is 0.276. The second kappa shape index (κ2) is 14.7. The van der Waals surface area contributed by atoms with E-state index in [1.54, 1.807) is 4.90 Å². The molecule has 1 amide bonds. The molecule has 0 unspecified atom stereocenters. The van der Waals surface area contributed by atoms with Crippen LogP contribution in [0.3, 0.4) is 0 Å². The monoisotopic (exact) mass is 605 g/mol. The zero-order valence-corrected chi connectivity index (χ0v) is 26.0. The Morgan fingerprint density at radius 2 is 1.91 bits per heavy atom. The first-order chi connectivity index (χ1) is 20.5. The molecule has 1 aromatic heterocycles. The van der Waals surface area contributed by atoms with Crippen molar-refractivity contribution in [2.24, 2.45) is 11.3 Å². The highest BCUT2D eigenvalue weighted by molar-refractivity contribution is 5.97. The highest BCUT2D eigenvalue weighted by Crippen LogP contribution is 2.44. The normalized spacial score (nSPS) is 17.2. The van der Waals surface area contributed by atoms with Crippen molar-refractivity contribution in [3.63, 3.8) is 0 Å². The van der Waals surface area contributed by atoms with Gasteiger partial charge < -0.3 is 19.9 Å². The minimum Gasteiger partial charge on any atom is -0.434 e. The first-order valence-corrected chi connectivity index (χ1v) is 15.5. The van der Waals surface area contributed by atoms with E-state index >= 15 is 0 Å². The van der Waals surface area contributed by atoms with E-state index in [4.69, 9.17) is 4.74 Å². The highest BCUT2D eigenvalue weighted by atomic mass is 19.3. The molecule has 12 heteroatoms. The third-order valence-electron chi connectivity index (χ3n) is 8.62. The van der Waals surface area contributed by atoms with Gasteiger partial charge in [0.2, 0.25) is 6.43 Å². The van der Waals surface area contributed by atoms with Crippen LogP contribution in [0.25, 0.3) is 0 Å². The molecule has 1 aromatic carbocycles. The molecule has 0 aliphatic carbocycles. The fourth-order valence-corrected chi connectivity index (χ4v) is 6.44. The molecule has 1 spiro atoms. The lowest BCUT2D eigenvalue weighted by Gasteiger charge is -2.53. The van der Waals surface area contributed by atoms with Crippen LogP contribution >= 0.6 is 0 Å². The molecule has 43 heavy (non-hydrogen) atoms. The SMILES string of the molecule is CCN(C(=O)c1cc(F)ccc1Oc1nncnc1N1CCC2(C1)CN([C@H](CCCNCCC(F)F)C(C)C)C2)C(C)C. The van der Waals surface area contributed by atoms with Gasteiger partial charge in [-0.3, -0.25) is 9.69 Å². The number of amides is 1. The number of hydrogen-bond acceptors (Lipinski definition) is 8. The smallest absolute Gasteiger partial charge is 0.282 e. The second-order valence-corrected chi connectivity index (χ2v) is 12.5. The van der Waals surface area contributed by atoms with Gasteiger partial charge in [0, 0.05) is 63.2 Å². The summed E-state index contributed by atoms with van der Waals surface area (Å²) in [6.45, 7) is 15.3. The zero-order chi connectivity index (χ0) is 31.1. The zero-order valence-electron chi connectivity index (χ0n) is 26.0. The van der Waals surface area contributed by atoms with Crippen molar-refractivity contribution < 1.29 is 22.7 Å². The van der Waals surface area contributed by atoms with Crippen molar-refractivity contribution in [1.29, 1.82) is 0 Å². The standard InChI is InChI=1S/C31H46F3N7O2/c1-6-41(22(4)5)30(42)24-16-23(32)9-10-26(24)43-29-28(36-20-37-38-29)39-15-12-31(17-39)18-40(19-31)25(21(2)3)8-7-13-35-14-11-27(33)34/h9-10,16,20-22,25,27,35H,6-8,11-15,17-19H2,1-5H3/t25-/m1/s1. The minimum atomic E-state index is -2.26. The summed E-state index contributed by atoms with van der Waals surface area (Å²) >= 11 is 0. The summed E-state index contributed by atoms with van der Waals surface area (Å²) in [5, 5.41) is 11.3. The summed E-state index contributed by atoms with van der Waals surface area (Å²) in [6.07, 6.45) is 2.01. The van der Waals surface area contributed by atoms with Gasteiger partial charge in [-0.25, -0.2) is 18.2 Å². The van der Waals surface area contributed by atoms with Gasteiger partial charge in [0.15, 0.2) is 5.82 Å². The summed E-state index contributed by atoms with van der Waals surface area (Å²) in [5.74, 6) is 0.605. The van der Waals surface area contributed by atoms with Crippen LogP contribution in [0.1, 0.15) is 70.7 Å². The summed E-state index contributed by atoms with van der Waals surface area (Å²) in [6, 6.07) is 4.30. The molecule has 4 rings (SSSR count). The molecule has 2 fully saturated rings. The van der Waals surface area contributed by atoms with Gasteiger partial charge in [-0.05, 0) is 70.7 Å². The van der Waals surface area contributed by atoms with Crippen molar-refractivity contribution in [2.45, 2.75) is 78.8 Å². The largest absolute Gasteiger partial charge is 0.434 e. The molecule has 0 bridgehead atoms. The van der Waals surface area contributed by atoms with Crippen LogP contribution in [0.15, 0.2) is 24.5 Å². The highest BCUT2D eigenvalue weighted by Gasteiger charge is 2.50. The minimum absolute atomic E-state index is 0.0601. The lowest BCUT2D eigenvalue weighted by molar-refractivity contribution is -0.0339. The maximum absolute atomic E-state index is 14.2. The molecule has 1 atom stereocenters. The Balaban J connectivity index is 1.40. The number of carbonyl (C=O) groups is 1. The van der Waals surface area contributed by atoms with E-state index in [2.05, 4.69) is 44.1 Å². The van der Waals surface area contributed by atoms with Crippen LogP contribution in [0.2, 0.25) is 0 Å². The van der Waals surface area contributed by atoms with E-state index in [9.17, 15) is 18.0 Å². The van der Waals surface area contributed by atoms with Crippen molar-refractivity contribution in [1.82, 2.24) is 30.3 Å². The maximum atomic E-state index is 14.2. The number of alkyl halides is 2. The van der Waals surface area contributed by atoms with Crippen LogP contribution in [0, 0.1) is 17.2 Å². The summed E-state index contributed by atoms with van der Waals surface area (Å²) < 4.78 is 45.1. The second-order valence-electron chi connectivity index (χ2n) is 12.5. The first kappa shape index (κ1) is 32.9. The lowest BCUT2D eigenvalue weighted by atomic mass is 9.76. The van der Waals surface area contributed by atoms with E-state index < -0.39 is 12.2 Å². The number of benzene rings is 1. The third-order valence-corrected chi connectivity index (χ3v) is 8.62. The molecule has 0 radical (unpaired) electrons. The number of aromatic nitrogens is 3. The van der Waals surface area contributed by atoms with Gasteiger partial charge in [-0.1, -0.05) is 13.8 Å². The first-order valence-electron chi connectivity index (χ1n) is 15.5. The third kappa shape index (κ3) is 8.14. The number of rotatable bonds is 15. The van der Waals surface area contributed by atoms with Crippen molar-refractivity contribution >= 4 is 11.7 Å².